The maximum atomic E-state index is 6.06. The molecule has 0 spiro atoms. The van der Waals surface area contributed by atoms with E-state index in [1.54, 1.807) is 0 Å². The first-order valence-electron chi connectivity index (χ1n) is 5.54. The molecule has 0 aliphatic carbocycles. The van der Waals surface area contributed by atoms with Gasteiger partial charge in [0.05, 0.1) is 50.2 Å². The Morgan fingerprint density at radius 3 is 0.667 bits per heavy atom. The molecule has 2 aromatic rings. The minimum absolute atomic E-state index is 0.0130. The Morgan fingerprint density at radius 1 is 0.292 bits per heavy atom. The van der Waals surface area contributed by atoms with Crippen molar-refractivity contribution in [1.82, 2.24) is 0 Å². The van der Waals surface area contributed by atoms with Gasteiger partial charge < -0.3 is 0 Å². The highest BCUT2D eigenvalue weighted by atomic mass is 35.5. The zero-order chi connectivity index (χ0) is 18.3. The van der Waals surface area contributed by atoms with Gasteiger partial charge in [-0.1, -0.05) is 116 Å². The fourth-order valence-corrected chi connectivity index (χ4v) is 3.87. The van der Waals surface area contributed by atoms with Crippen LogP contribution in [0.15, 0.2) is 10.2 Å². The van der Waals surface area contributed by atoms with Gasteiger partial charge in [0, 0.05) is 0 Å². The molecule has 2 nitrogen and oxygen atoms in total. The molecule has 2 aromatic carbocycles. The van der Waals surface area contributed by atoms with Crippen molar-refractivity contribution in [3.05, 3.63) is 50.2 Å². The summed E-state index contributed by atoms with van der Waals surface area (Å²) < 4.78 is 0. The van der Waals surface area contributed by atoms with E-state index in [-0.39, 0.29) is 61.6 Å². The molecule has 0 amide bonds. The zero-order valence-corrected chi connectivity index (χ0v) is 18.2. The quantitative estimate of drug-likeness (QED) is 0.211. The number of nitrogens with zero attached hydrogens (tertiary/aromatic N) is 2. The van der Waals surface area contributed by atoms with E-state index in [1.807, 2.05) is 0 Å². The third kappa shape index (κ3) is 3.80. The summed E-state index contributed by atoms with van der Waals surface area (Å²) in [6.45, 7) is 0. The predicted molar refractivity (Wildman–Crippen MR) is 107 cm³/mol. The summed E-state index contributed by atoms with van der Waals surface area (Å²) in [6.07, 6.45) is 0. The van der Waals surface area contributed by atoms with Crippen LogP contribution >= 0.6 is 116 Å². The average Bonchev–Trinajstić information content (AvgIpc) is 2.57. The molecule has 128 valence electrons. The molecule has 0 bridgehead atoms. The maximum absolute atomic E-state index is 6.06. The molecule has 0 saturated heterocycles. The van der Waals surface area contributed by atoms with Gasteiger partial charge in [0.25, 0.3) is 0 Å². The standard InChI is InChI=1S/C12Cl10N2/c13-1-3(15)7(19)11(8(20)4(1)16)23-24-12-9(21)5(17)2(14)6(18)10(12)22. The lowest BCUT2D eigenvalue weighted by Crippen LogP contribution is -1.81. The number of halogens is 10. The van der Waals surface area contributed by atoms with Gasteiger partial charge >= 0.3 is 0 Å². The smallest absolute Gasteiger partial charge is 0.126 e. The van der Waals surface area contributed by atoms with Crippen LogP contribution in [0.25, 0.3) is 0 Å². The zero-order valence-electron chi connectivity index (χ0n) is 10.7. The minimum Gasteiger partial charge on any atom is -0.147 e. The van der Waals surface area contributed by atoms with E-state index in [9.17, 15) is 0 Å². The van der Waals surface area contributed by atoms with E-state index in [1.165, 1.54) is 0 Å². The molecule has 24 heavy (non-hydrogen) atoms. The maximum Gasteiger partial charge on any atom is 0.126 e. The summed E-state index contributed by atoms with van der Waals surface area (Å²) in [5.74, 6) is 0. The van der Waals surface area contributed by atoms with Crippen molar-refractivity contribution in [1.29, 1.82) is 0 Å². The normalized spacial score (nSPS) is 11.6. The fraction of sp³-hybridized carbons (Fsp3) is 0. The lowest BCUT2D eigenvalue weighted by Gasteiger charge is -2.10. The second kappa shape index (κ2) is 8.31. The van der Waals surface area contributed by atoms with Crippen molar-refractivity contribution in [3.8, 4) is 0 Å². The number of rotatable bonds is 2. The molecule has 2 rings (SSSR count). The molecule has 0 saturated carbocycles. The highest BCUT2D eigenvalue weighted by Crippen LogP contribution is 2.51. The molecule has 0 unspecified atom stereocenters. The first-order chi connectivity index (χ1) is 11.1. The summed E-state index contributed by atoms with van der Waals surface area (Å²) in [5.41, 5.74) is -0.0703. The molecule has 0 heterocycles. The van der Waals surface area contributed by atoms with Gasteiger partial charge in [-0.15, -0.1) is 10.2 Å². The van der Waals surface area contributed by atoms with Crippen LogP contribution in [0, 0.1) is 0 Å². The Kier molecular flexibility index (Phi) is 7.35. The molecule has 0 aliphatic heterocycles. The molecule has 0 fully saturated rings. The Labute approximate surface area is 186 Å². The van der Waals surface area contributed by atoms with Gasteiger partial charge in [-0.3, -0.25) is 0 Å². The summed E-state index contributed by atoms with van der Waals surface area (Å²) in [4.78, 5) is 0. The molecular weight excluding hydrogens is 527 g/mol. The summed E-state index contributed by atoms with van der Waals surface area (Å²) in [7, 11) is 0. The van der Waals surface area contributed by atoms with E-state index in [4.69, 9.17) is 116 Å². The third-order valence-electron chi connectivity index (χ3n) is 2.62. The molecular formula is C12Cl10N2. The highest BCUT2D eigenvalue weighted by Gasteiger charge is 2.22. The number of hydrogen-bond acceptors (Lipinski definition) is 2. The van der Waals surface area contributed by atoms with Crippen molar-refractivity contribution in [2.24, 2.45) is 10.2 Å². The summed E-state index contributed by atoms with van der Waals surface area (Å²) >= 11 is 59.8. The molecule has 0 radical (unpaired) electrons. The van der Waals surface area contributed by atoms with Crippen LogP contribution in [-0.2, 0) is 0 Å². The minimum atomic E-state index is -0.0572. The summed E-state index contributed by atoms with van der Waals surface area (Å²) in [5, 5.41) is 7.35. The average molecular weight is 527 g/mol. The van der Waals surface area contributed by atoms with Crippen molar-refractivity contribution >= 4 is 127 Å². The van der Waals surface area contributed by atoms with Gasteiger partial charge in [-0.2, -0.15) is 0 Å². The van der Waals surface area contributed by atoms with Crippen LogP contribution in [0.1, 0.15) is 0 Å². The number of benzene rings is 2. The Bertz CT molecular complexity index is 748. The van der Waals surface area contributed by atoms with E-state index < -0.39 is 0 Å². The van der Waals surface area contributed by atoms with E-state index >= 15 is 0 Å². The topological polar surface area (TPSA) is 24.7 Å². The molecule has 12 heteroatoms. The van der Waals surface area contributed by atoms with Crippen LogP contribution < -0.4 is 0 Å². The first kappa shape index (κ1) is 21.2. The van der Waals surface area contributed by atoms with Crippen molar-refractivity contribution < 1.29 is 0 Å². The Balaban J connectivity index is 2.67. The predicted octanol–water partition coefficient (Wildman–Crippen LogP) is 10.6. The van der Waals surface area contributed by atoms with Gasteiger partial charge in [0.2, 0.25) is 0 Å². The van der Waals surface area contributed by atoms with Crippen LogP contribution in [-0.4, -0.2) is 0 Å². The van der Waals surface area contributed by atoms with Crippen molar-refractivity contribution in [2.75, 3.05) is 0 Å². The van der Waals surface area contributed by atoms with E-state index in [0.717, 1.165) is 0 Å². The number of hydrogen-bond donors (Lipinski definition) is 0. The monoisotopic (exact) mass is 522 g/mol. The van der Waals surface area contributed by atoms with Gasteiger partial charge in [-0.05, 0) is 0 Å². The second-order valence-electron chi connectivity index (χ2n) is 4.04. The SMILES string of the molecule is Clc1c(Cl)c(Cl)c(N=Nc2c(Cl)c(Cl)c(Cl)c(Cl)c2Cl)c(Cl)c1Cl. The highest BCUT2D eigenvalue weighted by molar-refractivity contribution is 6.57. The summed E-state index contributed by atoms with van der Waals surface area (Å²) in [6, 6.07) is 0. The van der Waals surface area contributed by atoms with Crippen molar-refractivity contribution in [3.63, 3.8) is 0 Å². The van der Waals surface area contributed by atoms with E-state index in [0.29, 0.717) is 0 Å². The Morgan fingerprint density at radius 2 is 0.458 bits per heavy atom. The van der Waals surface area contributed by atoms with Gasteiger partial charge in [0.1, 0.15) is 11.4 Å². The molecule has 0 N–H and O–H groups in total. The van der Waals surface area contributed by atoms with Crippen LogP contribution in [0.5, 0.6) is 0 Å². The van der Waals surface area contributed by atoms with Crippen molar-refractivity contribution in [2.45, 2.75) is 0 Å². The fourth-order valence-electron chi connectivity index (χ4n) is 1.46. The first-order valence-corrected chi connectivity index (χ1v) is 9.32. The van der Waals surface area contributed by atoms with E-state index in [2.05, 4.69) is 10.2 Å². The lowest BCUT2D eigenvalue weighted by atomic mass is 10.3. The van der Waals surface area contributed by atoms with Crippen LogP contribution in [0.4, 0.5) is 11.4 Å². The molecule has 0 aliphatic rings. The third-order valence-corrected chi connectivity index (χ3v) is 7.14. The van der Waals surface area contributed by atoms with Gasteiger partial charge in [0.15, 0.2) is 0 Å². The van der Waals surface area contributed by atoms with Gasteiger partial charge in [-0.25, -0.2) is 0 Å². The molecule has 0 atom stereocenters. The largest absolute Gasteiger partial charge is 0.147 e. The Hall–Kier alpha value is 0.940. The number of azo groups is 1. The van der Waals surface area contributed by atoms with Crippen LogP contribution in [0.3, 0.4) is 0 Å². The lowest BCUT2D eigenvalue weighted by molar-refractivity contribution is 1.23. The molecule has 0 aromatic heterocycles. The van der Waals surface area contributed by atoms with Crippen LogP contribution in [0.2, 0.25) is 50.2 Å². The second-order valence-corrected chi connectivity index (χ2v) is 7.82.